The lowest BCUT2D eigenvalue weighted by Crippen LogP contribution is -2.19. The molecule has 0 saturated heterocycles. The van der Waals surface area contributed by atoms with Gasteiger partial charge in [-0.05, 0) is 85.9 Å². The van der Waals surface area contributed by atoms with Gasteiger partial charge in [0.2, 0.25) is 0 Å². The minimum atomic E-state index is -0.524. The van der Waals surface area contributed by atoms with E-state index in [1.165, 1.54) is 5.57 Å². The molecule has 38 heavy (non-hydrogen) atoms. The maximum Gasteiger partial charge on any atom is 0.254 e. The predicted molar refractivity (Wildman–Crippen MR) is 150 cm³/mol. The number of aromatic nitrogens is 2. The van der Waals surface area contributed by atoms with Crippen molar-refractivity contribution in [1.82, 2.24) is 15.1 Å². The molecule has 1 aromatic heterocycles. The fraction of sp³-hybridized carbons (Fsp3) is 0.200. The van der Waals surface area contributed by atoms with Crippen LogP contribution in [0.3, 0.4) is 0 Å². The van der Waals surface area contributed by atoms with E-state index in [-0.39, 0.29) is 0 Å². The Bertz CT molecular complexity index is 1520. The molecule has 1 aliphatic carbocycles. The van der Waals surface area contributed by atoms with Crippen LogP contribution in [0.1, 0.15) is 35.7 Å². The molecular weight excluding hydrogens is 476 g/mol. The summed E-state index contributed by atoms with van der Waals surface area (Å²) in [5, 5.41) is 15.2. The molecule has 2 aliphatic rings. The van der Waals surface area contributed by atoms with Gasteiger partial charge in [0.25, 0.3) is 5.91 Å². The number of carbonyl (C=O) groups excluding carboxylic acids is 1. The number of nitrogens with two attached hydrogens (primary N) is 1. The van der Waals surface area contributed by atoms with E-state index in [9.17, 15) is 4.79 Å². The lowest BCUT2D eigenvalue weighted by Gasteiger charge is -2.15. The Morgan fingerprint density at radius 2 is 1.79 bits per heavy atom. The summed E-state index contributed by atoms with van der Waals surface area (Å²) in [6, 6.07) is 23.4. The van der Waals surface area contributed by atoms with Crippen LogP contribution in [0.15, 0.2) is 84.2 Å². The molecule has 1 saturated carbocycles. The van der Waals surface area contributed by atoms with Crippen LogP contribution in [-0.2, 0) is 13.0 Å². The number of carbonyl (C=O) groups is 1. The van der Waals surface area contributed by atoms with Crippen LogP contribution >= 0.6 is 0 Å². The van der Waals surface area contributed by atoms with Crippen LogP contribution < -0.4 is 26.4 Å². The number of fused-ring (bicyclic) bond motifs is 2. The number of para-hydroxylation sites is 1. The summed E-state index contributed by atoms with van der Waals surface area (Å²) in [5.41, 5.74) is 12.1. The molecule has 1 fully saturated rings. The fourth-order valence-corrected chi connectivity index (χ4v) is 4.73. The highest BCUT2D eigenvalue weighted by atomic mass is 16.5. The molecule has 3 aromatic carbocycles. The number of nitrogens with one attached hydrogen (secondary N) is 3. The summed E-state index contributed by atoms with van der Waals surface area (Å²) in [5.74, 6) is 2.64. The Morgan fingerprint density at radius 3 is 2.50 bits per heavy atom. The van der Waals surface area contributed by atoms with Gasteiger partial charge in [-0.15, -0.1) is 0 Å². The molecular formula is C30H30N6O2. The van der Waals surface area contributed by atoms with Gasteiger partial charge in [0.15, 0.2) is 0 Å². The highest BCUT2D eigenvalue weighted by Crippen LogP contribution is 2.37. The van der Waals surface area contributed by atoms with Gasteiger partial charge in [-0.25, -0.2) is 4.68 Å². The van der Waals surface area contributed by atoms with Crippen LogP contribution in [0, 0.1) is 0 Å². The van der Waals surface area contributed by atoms with Crippen LogP contribution in [0.4, 0.5) is 17.2 Å². The minimum Gasteiger partial charge on any atom is -0.457 e. The Morgan fingerprint density at radius 1 is 1.03 bits per heavy atom. The van der Waals surface area contributed by atoms with Crippen LogP contribution in [-0.4, -0.2) is 22.2 Å². The van der Waals surface area contributed by atoms with E-state index in [1.807, 2.05) is 59.3 Å². The normalized spacial score (nSPS) is 13.4. The first kappa shape index (κ1) is 23.7. The van der Waals surface area contributed by atoms with Crippen molar-refractivity contribution in [2.45, 2.75) is 32.7 Å². The van der Waals surface area contributed by atoms with Crippen LogP contribution in [0.25, 0.3) is 11.3 Å². The largest absolute Gasteiger partial charge is 0.457 e. The second-order valence-corrected chi connectivity index (χ2v) is 9.48. The van der Waals surface area contributed by atoms with E-state index in [0.29, 0.717) is 29.4 Å². The van der Waals surface area contributed by atoms with Crippen molar-refractivity contribution in [1.29, 1.82) is 0 Å². The lowest BCUT2D eigenvalue weighted by atomic mass is 10.1. The first-order chi connectivity index (χ1) is 18.6. The average Bonchev–Trinajstić information content (AvgIpc) is 3.73. The number of benzene rings is 3. The molecule has 4 aromatic rings. The van der Waals surface area contributed by atoms with Gasteiger partial charge in [0, 0.05) is 30.0 Å². The molecule has 2 heterocycles. The molecule has 0 spiro atoms. The second-order valence-electron chi connectivity index (χ2n) is 9.48. The summed E-state index contributed by atoms with van der Waals surface area (Å²) in [4.78, 5) is 12.7. The molecule has 0 bridgehead atoms. The van der Waals surface area contributed by atoms with E-state index in [1.54, 1.807) is 0 Å². The summed E-state index contributed by atoms with van der Waals surface area (Å²) < 4.78 is 7.75. The number of rotatable bonds is 8. The number of anilines is 3. The number of aryl methyl sites for hydroxylation is 2. The van der Waals surface area contributed by atoms with Crippen molar-refractivity contribution >= 4 is 23.1 Å². The zero-order valence-corrected chi connectivity index (χ0v) is 21.3. The molecule has 5 N–H and O–H groups in total. The van der Waals surface area contributed by atoms with E-state index in [2.05, 4.69) is 41.1 Å². The summed E-state index contributed by atoms with van der Waals surface area (Å²) in [7, 11) is 0. The third-order valence-corrected chi connectivity index (χ3v) is 6.74. The van der Waals surface area contributed by atoms with E-state index in [4.69, 9.17) is 15.6 Å². The van der Waals surface area contributed by atoms with Gasteiger partial charge in [-0.3, -0.25) is 4.79 Å². The third-order valence-electron chi connectivity index (χ3n) is 6.74. The Labute approximate surface area is 221 Å². The quantitative estimate of drug-likeness (QED) is 0.242. The molecule has 192 valence electrons. The van der Waals surface area contributed by atoms with Crippen LogP contribution in [0.5, 0.6) is 11.5 Å². The average molecular weight is 507 g/mol. The second kappa shape index (κ2) is 9.97. The minimum absolute atomic E-state index is 0.376. The van der Waals surface area contributed by atoms with Crippen molar-refractivity contribution < 1.29 is 9.53 Å². The smallest absolute Gasteiger partial charge is 0.254 e. The highest BCUT2D eigenvalue weighted by molar-refractivity contribution is 6.04. The molecule has 8 heteroatoms. The zero-order chi connectivity index (χ0) is 26.1. The van der Waals surface area contributed by atoms with Crippen molar-refractivity contribution in [3.05, 3.63) is 95.3 Å². The van der Waals surface area contributed by atoms with E-state index >= 15 is 0 Å². The first-order valence-corrected chi connectivity index (χ1v) is 13.0. The molecule has 0 atom stereocenters. The predicted octanol–water partition coefficient (Wildman–Crippen LogP) is 5.77. The molecule has 8 nitrogen and oxygen atoms in total. The molecule has 1 aliphatic heterocycles. The SMILES string of the molecule is CCNC(Nc1ccc2c(c1)Nc1c(C(N)=O)c(-c3ccc(Oc4ccccc4)cc3)nn1CC2)=C1CC1. The van der Waals surface area contributed by atoms with Crippen molar-refractivity contribution in [3.63, 3.8) is 0 Å². The summed E-state index contributed by atoms with van der Waals surface area (Å²) in [6.45, 7) is 3.58. The van der Waals surface area contributed by atoms with E-state index < -0.39 is 5.91 Å². The molecule has 0 unspecified atom stereocenters. The molecule has 1 amide bonds. The highest BCUT2D eigenvalue weighted by Gasteiger charge is 2.26. The van der Waals surface area contributed by atoms with Gasteiger partial charge in [0.1, 0.15) is 34.4 Å². The van der Waals surface area contributed by atoms with Crippen molar-refractivity contribution in [2.24, 2.45) is 5.73 Å². The monoisotopic (exact) mass is 506 g/mol. The number of allylic oxidation sites excluding steroid dienone is 1. The molecule has 0 radical (unpaired) electrons. The van der Waals surface area contributed by atoms with Gasteiger partial charge in [-0.2, -0.15) is 5.10 Å². The topological polar surface area (TPSA) is 106 Å². The number of hydrogen-bond acceptors (Lipinski definition) is 6. The molecule has 6 rings (SSSR count). The number of nitrogens with zero attached hydrogens (tertiary/aromatic N) is 2. The van der Waals surface area contributed by atoms with Gasteiger partial charge < -0.3 is 26.4 Å². The zero-order valence-electron chi connectivity index (χ0n) is 21.3. The maximum absolute atomic E-state index is 12.7. The van der Waals surface area contributed by atoms with Gasteiger partial charge in [0.05, 0.1) is 0 Å². The maximum atomic E-state index is 12.7. The van der Waals surface area contributed by atoms with Crippen molar-refractivity contribution in [2.75, 3.05) is 17.2 Å². The number of primary amides is 1. The van der Waals surface area contributed by atoms with Crippen molar-refractivity contribution in [3.8, 4) is 22.8 Å². The fourth-order valence-electron chi connectivity index (χ4n) is 4.73. The van der Waals surface area contributed by atoms with E-state index in [0.717, 1.165) is 59.9 Å². The Kier molecular flexibility index (Phi) is 6.21. The first-order valence-electron chi connectivity index (χ1n) is 13.0. The number of ether oxygens (including phenoxy) is 1. The van der Waals surface area contributed by atoms with Gasteiger partial charge in [-0.1, -0.05) is 24.3 Å². The summed E-state index contributed by atoms with van der Waals surface area (Å²) >= 11 is 0. The number of amides is 1. The number of hydrogen-bond donors (Lipinski definition) is 4. The Balaban J connectivity index is 1.30. The van der Waals surface area contributed by atoms with Gasteiger partial charge >= 0.3 is 0 Å². The summed E-state index contributed by atoms with van der Waals surface area (Å²) in [6.07, 6.45) is 3.03. The standard InChI is InChI=1S/C30H30N6O2/c1-2-32-29(21-8-9-21)33-22-13-10-19-16-17-36-30(34-25(19)18-22)26(28(31)37)27(35-36)20-11-14-24(15-12-20)38-23-6-4-3-5-7-23/h3-7,10-15,18,32-34H,2,8-9,16-17H2,1H3,(H2,31,37). The Hall–Kier alpha value is -4.72. The third kappa shape index (κ3) is 4.80. The van der Waals surface area contributed by atoms with Crippen LogP contribution in [0.2, 0.25) is 0 Å². The lowest BCUT2D eigenvalue weighted by molar-refractivity contribution is 0.100.